The summed E-state index contributed by atoms with van der Waals surface area (Å²) in [4.78, 5) is 5.89. The van der Waals surface area contributed by atoms with Crippen molar-refractivity contribution in [2.75, 3.05) is 26.4 Å². The monoisotopic (exact) mass is 808 g/mol. The summed E-state index contributed by atoms with van der Waals surface area (Å²) in [5.74, 6) is 1.47. The molecule has 5 rings (SSSR count). The number of hydrogen-bond acceptors (Lipinski definition) is 10. The highest BCUT2D eigenvalue weighted by Gasteiger charge is 2.29. The van der Waals surface area contributed by atoms with E-state index < -0.39 is 0 Å². The normalized spacial score (nSPS) is 13.9. The van der Waals surface area contributed by atoms with Crippen molar-refractivity contribution in [2.24, 2.45) is 0 Å². The quantitative estimate of drug-likeness (QED) is 0.133. The SMILES string of the molecule is CC(C)(C)c1cc2c(O)c(c1)Sc1cc(C(C)(C)C)cc(c1OCCO)Sc1cc(C(C)(C)C)cc(c1O)Sc1cc(C(C)(C)C)cc(c1OCCO)S2. The Balaban J connectivity index is 1.95. The molecule has 10 heteroatoms. The van der Waals surface area contributed by atoms with Gasteiger partial charge >= 0.3 is 0 Å². The minimum atomic E-state index is -0.237. The summed E-state index contributed by atoms with van der Waals surface area (Å²) in [5.41, 5.74) is 3.32. The summed E-state index contributed by atoms with van der Waals surface area (Å²) in [6.07, 6.45) is 0. The summed E-state index contributed by atoms with van der Waals surface area (Å²) in [5, 5.41) is 44.3. The molecular weight excluding hydrogens is 753 g/mol. The fourth-order valence-corrected chi connectivity index (χ4v) is 10.3. The number of rotatable bonds is 6. The number of hydrogen-bond donors (Lipinski definition) is 4. The Morgan fingerprint density at radius 3 is 0.778 bits per heavy atom. The van der Waals surface area contributed by atoms with E-state index in [-0.39, 0.29) is 59.6 Å². The predicted octanol–water partition coefficient (Wildman–Crippen LogP) is 11.9. The lowest BCUT2D eigenvalue weighted by Crippen LogP contribution is -2.13. The smallest absolute Gasteiger partial charge is 0.147 e. The zero-order chi connectivity index (χ0) is 40.0. The molecule has 4 N–H and O–H groups in total. The van der Waals surface area contributed by atoms with Gasteiger partial charge in [0, 0.05) is 0 Å². The van der Waals surface area contributed by atoms with Crippen LogP contribution in [0.5, 0.6) is 23.0 Å². The number of fused-ring (bicyclic) bond motifs is 8. The van der Waals surface area contributed by atoms with Gasteiger partial charge in [0.15, 0.2) is 0 Å². The molecule has 4 aromatic rings. The van der Waals surface area contributed by atoms with Crippen LogP contribution in [0.3, 0.4) is 0 Å². The van der Waals surface area contributed by atoms with Crippen molar-refractivity contribution in [3.05, 3.63) is 70.8 Å². The highest BCUT2D eigenvalue weighted by Crippen LogP contribution is 2.55. The standard InChI is InChI=1S/C44H56O6S4/c1-41(2,3)25-17-29-37(47)30(18-25)52-34-22-28(44(10,11)12)24-36(40(34)50-16-14-46)54-32-20-26(42(4,5)6)19-31(38(32)48)53-35-23-27(43(7,8)9)21-33(51-29)39(35)49-15-13-45/h17-24,45-48H,13-16H2,1-12H3. The van der Waals surface area contributed by atoms with Crippen molar-refractivity contribution in [3.63, 3.8) is 0 Å². The van der Waals surface area contributed by atoms with Crippen LogP contribution in [0, 0.1) is 0 Å². The minimum Gasteiger partial charge on any atom is -0.506 e. The van der Waals surface area contributed by atoms with Gasteiger partial charge in [-0.15, -0.1) is 0 Å². The molecule has 0 fully saturated rings. The third kappa shape index (κ3) is 9.67. The van der Waals surface area contributed by atoms with Gasteiger partial charge in [-0.05, 0) is 92.4 Å². The molecule has 1 heterocycles. The molecule has 8 bridgehead atoms. The van der Waals surface area contributed by atoms with E-state index in [9.17, 15) is 20.4 Å². The van der Waals surface area contributed by atoms with Gasteiger partial charge in [-0.2, -0.15) is 0 Å². The second-order valence-electron chi connectivity index (χ2n) is 17.8. The van der Waals surface area contributed by atoms with E-state index in [2.05, 4.69) is 132 Å². The van der Waals surface area contributed by atoms with E-state index in [4.69, 9.17) is 9.47 Å². The van der Waals surface area contributed by atoms with Gasteiger partial charge in [-0.25, -0.2) is 0 Å². The number of benzene rings is 4. The van der Waals surface area contributed by atoms with Gasteiger partial charge < -0.3 is 29.9 Å². The fourth-order valence-electron chi connectivity index (χ4n) is 5.72. The van der Waals surface area contributed by atoms with E-state index in [1.165, 1.54) is 47.0 Å². The van der Waals surface area contributed by atoms with Crippen molar-refractivity contribution in [2.45, 2.75) is 144 Å². The molecule has 1 aliphatic heterocycles. The molecule has 54 heavy (non-hydrogen) atoms. The summed E-state index contributed by atoms with van der Waals surface area (Å²) in [7, 11) is 0. The van der Waals surface area contributed by atoms with Crippen molar-refractivity contribution >= 4 is 47.0 Å². The predicted molar refractivity (Wildman–Crippen MR) is 226 cm³/mol. The Morgan fingerprint density at radius 1 is 0.389 bits per heavy atom. The third-order valence-electron chi connectivity index (χ3n) is 9.14. The second kappa shape index (κ2) is 16.1. The topological polar surface area (TPSA) is 99.4 Å². The zero-order valence-corrected chi connectivity index (χ0v) is 37.0. The van der Waals surface area contributed by atoms with Crippen LogP contribution in [-0.2, 0) is 21.7 Å². The lowest BCUT2D eigenvalue weighted by Gasteiger charge is -2.27. The van der Waals surface area contributed by atoms with Gasteiger partial charge in [0.25, 0.3) is 0 Å². The van der Waals surface area contributed by atoms with Crippen LogP contribution in [-0.4, -0.2) is 46.9 Å². The maximum Gasteiger partial charge on any atom is 0.147 e. The van der Waals surface area contributed by atoms with E-state index in [0.717, 1.165) is 41.8 Å². The molecule has 292 valence electrons. The van der Waals surface area contributed by atoms with Crippen molar-refractivity contribution in [1.29, 1.82) is 0 Å². The molecular formula is C44H56O6S4. The van der Waals surface area contributed by atoms with Crippen LogP contribution in [0.4, 0.5) is 0 Å². The molecule has 6 nitrogen and oxygen atoms in total. The molecule has 0 aliphatic carbocycles. The van der Waals surface area contributed by atoms with Crippen molar-refractivity contribution in [3.8, 4) is 23.0 Å². The van der Waals surface area contributed by atoms with Crippen LogP contribution in [0.2, 0.25) is 0 Å². The first-order valence-corrected chi connectivity index (χ1v) is 21.6. The van der Waals surface area contributed by atoms with Crippen LogP contribution in [0.25, 0.3) is 0 Å². The first-order chi connectivity index (χ1) is 25.0. The lowest BCUT2D eigenvalue weighted by atomic mass is 9.87. The maximum absolute atomic E-state index is 12.2. The number of ether oxygens (including phenoxy) is 2. The lowest BCUT2D eigenvalue weighted by molar-refractivity contribution is 0.195. The maximum atomic E-state index is 12.2. The van der Waals surface area contributed by atoms with Gasteiger partial charge in [0.2, 0.25) is 0 Å². The van der Waals surface area contributed by atoms with Gasteiger partial charge in [0.1, 0.15) is 36.2 Å². The molecule has 0 atom stereocenters. The van der Waals surface area contributed by atoms with Crippen LogP contribution in [0.15, 0.2) is 87.7 Å². The van der Waals surface area contributed by atoms with Gasteiger partial charge in [0.05, 0.1) is 52.4 Å². The first-order valence-electron chi connectivity index (χ1n) is 18.3. The summed E-state index contributed by atoms with van der Waals surface area (Å²) in [6.45, 7) is 25.8. The van der Waals surface area contributed by atoms with E-state index in [1.54, 1.807) is 0 Å². The van der Waals surface area contributed by atoms with Gasteiger partial charge in [-0.1, -0.05) is 130 Å². The molecule has 0 saturated heterocycles. The number of aromatic hydroxyl groups is 2. The van der Waals surface area contributed by atoms with E-state index in [1.807, 2.05) is 0 Å². The average Bonchev–Trinajstić information content (AvgIpc) is 3.04. The molecule has 0 radical (unpaired) electrons. The van der Waals surface area contributed by atoms with Gasteiger partial charge in [-0.3, -0.25) is 0 Å². The first kappa shape index (κ1) is 42.5. The molecule has 0 aromatic heterocycles. The Kier molecular flexibility index (Phi) is 12.7. The molecule has 0 unspecified atom stereocenters. The molecule has 1 aliphatic rings. The second-order valence-corrected chi connectivity index (χ2v) is 22.1. The fraction of sp³-hybridized carbons (Fsp3) is 0.455. The van der Waals surface area contributed by atoms with Crippen LogP contribution >= 0.6 is 47.0 Å². The summed E-state index contributed by atoms with van der Waals surface area (Å²) < 4.78 is 12.8. The third-order valence-corrected chi connectivity index (χ3v) is 13.4. The molecule has 4 aromatic carbocycles. The highest BCUT2D eigenvalue weighted by atomic mass is 32.2. The Morgan fingerprint density at radius 2 is 0.593 bits per heavy atom. The minimum absolute atomic E-state index is 0.0849. The number of phenolic OH excluding ortho intramolecular Hbond substituents is 2. The number of aliphatic hydroxyl groups excluding tert-OH is 2. The van der Waals surface area contributed by atoms with E-state index in [0.29, 0.717) is 31.1 Å². The Labute approximate surface area is 339 Å². The van der Waals surface area contributed by atoms with Crippen LogP contribution in [0.1, 0.15) is 105 Å². The zero-order valence-electron chi connectivity index (χ0n) is 33.7. The Bertz CT molecular complexity index is 1770. The van der Waals surface area contributed by atoms with Crippen molar-refractivity contribution in [1.82, 2.24) is 0 Å². The summed E-state index contributed by atoms with van der Waals surface area (Å²) >= 11 is 5.75. The van der Waals surface area contributed by atoms with E-state index >= 15 is 0 Å². The molecule has 0 spiro atoms. The average molecular weight is 809 g/mol. The van der Waals surface area contributed by atoms with Crippen LogP contribution < -0.4 is 9.47 Å². The number of phenols is 2. The molecule has 0 saturated carbocycles. The molecule has 0 amide bonds. The Hall–Kier alpha value is -2.60. The number of aliphatic hydroxyl groups is 2. The van der Waals surface area contributed by atoms with Crippen molar-refractivity contribution < 1.29 is 29.9 Å². The largest absolute Gasteiger partial charge is 0.506 e. The summed E-state index contributed by atoms with van der Waals surface area (Å²) in [6, 6.07) is 16.7. The highest BCUT2D eigenvalue weighted by molar-refractivity contribution is 8.01.